The van der Waals surface area contributed by atoms with Gasteiger partial charge in [0.1, 0.15) is 0 Å². The van der Waals surface area contributed by atoms with Gasteiger partial charge in [0.25, 0.3) is 0 Å². The molecule has 2 amide bonds. The van der Waals surface area contributed by atoms with Crippen molar-refractivity contribution in [2.75, 3.05) is 23.4 Å². The molecular formula is C22H22Cl2N2O4. The number of unbranched alkanes of at least 4 members (excludes halogenated alkanes) is 1. The van der Waals surface area contributed by atoms with Crippen molar-refractivity contribution in [1.29, 1.82) is 0 Å². The first-order valence-corrected chi connectivity index (χ1v) is 10.5. The number of nitrogens with zero attached hydrogens (tertiary/aromatic N) is 1. The molecular weight excluding hydrogens is 427 g/mol. The summed E-state index contributed by atoms with van der Waals surface area (Å²) in [5, 5.41) is 3.55. The number of amides is 2. The third-order valence-electron chi connectivity index (χ3n) is 4.83. The zero-order valence-electron chi connectivity index (χ0n) is 16.5. The standard InChI is InChI=1S/C22H22Cl2N2O4/c1-2-3-10-30-22(29)14-4-6-16(7-5-14)25-21(28)15-11-20(27)26(13-15)17-8-9-18(23)19(24)12-17/h4-9,12,15H,2-3,10-11,13H2,1H3,(H,25,28). The summed E-state index contributed by atoms with van der Waals surface area (Å²) in [5.74, 6) is -1.30. The maximum absolute atomic E-state index is 12.6. The molecule has 2 aromatic carbocycles. The van der Waals surface area contributed by atoms with E-state index in [4.69, 9.17) is 27.9 Å². The van der Waals surface area contributed by atoms with Crippen molar-refractivity contribution in [2.45, 2.75) is 26.2 Å². The minimum absolute atomic E-state index is 0.105. The van der Waals surface area contributed by atoms with E-state index in [1.807, 2.05) is 6.92 Å². The van der Waals surface area contributed by atoms with Crippen molar-refractivity contribution in [3.63, 3.8) is 0 Å². The minimum Gasteiger partial charge on any atom is -0.462 e. The van der Waals surface area contributed by atoms with Gasteiger partial charge in [0.2, 0.25) is 11.8 Å². The van der Waals surface area contributed by atoms with Crippen LogP contribution in [-0.2, 0) is 14.3 Å². The highest BCUT2D eigenvalue weighted by Crippen LogP contribution is 2.31. The van der Waals surface area contributed by atoms with Crippen molar-refractivity contribution in [1.82, 2.24) is 0 Å². The topological polar surface area (TPSA) is 75.7 Å². The maximum atomic E-state index is 12.6. The zero-order chi connectivity index (χ0) is 21.7. The van der Waals surface area contributed by atoms with E-state index in [0.29, 0.717) is 33.6 Å². The van der Waals surface area contributed by atoms with E-state index in [9.17, 15) is 14.4 Å². The number of anilines is 2. The molecule has 6 nitrogen and oxygen atoms in total. The number of halogens is 2. The van der Waals surface area contributed by atoms with Gasteiger partial charge >= 0.3 is 5.97 Å². The lowest BCUT2D eigenvalue weighted by atomic mass is 10.1. The van der Waals surface area contributed by atoms with Gasteiger partial charge in [-0.1, -0.05) is 36.5 Å². The van der Waals surface area contributed by atoms with E-state index in [1.165, 1.54) is 4.90 Å². The second kappa shape index (κ2) is 9.96. The monoisotopic (exact) mass is 448 g/mol. The number of carbonyl (C=O) groups is 3. The molecule has 0 bridgehead atoms. The zero-order valence-corrected chi connectivity index (χ0v) is 18.0. The summed E-state index contributed by atoms with van der Waals surface area (Å²) in [6.07, 6.45) is 1.87. The molecule has 8 heteroatoms. The first-order valence-electron chi connectivity index (χ1n) is 9.72. The van der Waals surface area contributed by atoms with Crippen molar-refractivity contribution < 1.29 is 19.1 Å². The lowest BCUT2D eigenvalue weighted by Gasteiger charge is -2.17. The molecule has 1 saturated heterocycles. The van der Waals surface area contributed by atoms with Crippen LogP contribution < -0.4 is 10.2 Å². The molecule has 1 aliphatic rings. The Morgan fingerprint density at radius 1 is 1.13 bits per heavy atom. The molecule has 0 saturated carbocycles. The average molecular weight is 449 g/mol. The number of hydrogen-bond acceptors (Lipinski definition) is 4. The Balaban J connectivity index is 1.59. The number of benzene rings is 2. The second-order valence-corrected chi connectivity index (χ2v) is 7.87. The number of rotatable bonds is 7. The Bertz CT molecular complexity index is 947. The largest absolute Gasteiger partial charge is 0.462 e. The Morgan fingerprint density at radius 2 is 1.87 bits per heavy atom. The molecule has 1 aliphatic heterocycles. The summed E-state index contributed by atoms with van der Waals surface area (Å²) in [5.41, 5.74) is 1.58. The highest BCUT2D eigenvalue weighted by Gasteiger charge is 2.35. The van der Waals surface area contributed by atoms with E-state index in [0.717, 1.165) is 12.8 Å². The molecule has 1 N–H and O–H groups in total. The van der Waals surface area contributed by atoms with E-state index >= 15 is 0 Å². The van der Waals surface area contributed by atoms with Crippen LogP contribution in [0, 0.1) is 5.92 Å². The highest BCUT2D eigenvalue weighted by molar-refractivity contribution is 6.42. The summed E-state index contributed by atoms with van der Waals surface area (Å²) in [6.45, 7) is 2.66. The fourth-order valence-electron chi connectivity index (χ4n) is 3.11. The lowest BCUT2D eigenvalue weighted by molar-refractivity contribution is -0.122. The number of esters is 1. The van der Waals surface area contributed by atoms with Crippen LogP contribution >= 0.6 is 23.2 Å². The minimum atomic E-state index is -0.495. The maximum Gasteiger partial charge on any atom is 0.338 e. The van der Waals surface area contributed by atoms with Crippen molar-refractivity contribution in [3.05, 3.63) is 58.1 Å². The fourth-order valence-corrected chi connectivity index (χ4v) is 3.40. The second-order valence-electron chi connectivity index (χ2n) is 7.06. The van der Waals surface area contributed by atoms with Gasteiger partial charge in [-0.25, -0.2) is 4.79 Å². The van der Waals surface area contributed by atoms with Crippen LogP contribution in [0.2, 0.25) is 10.0 Å². The van der Waals surface area contributed by atoms with Crippen LogP contribution in [0.15, 0.2) is 42.5 Å². The van der Waals surface area contributed by atoms with Gasteiger partial charge in [0.15, 0.2) is 0 Å². The van der Waals surface area contributed by atoms with Crippen LogP contribution in [0.5, 0.6) is 0 Å². The molecule has 0 radical (unpaired) electrons. The van der Waals surface area contributed by atoms with Gasteiger partial charge in [0, 0.05) is 24.3 Å². The quantitative estimate of drug-likeness (QED) is 0.480. The Hall–Kier alpha value is -2.57. The van der Waals surface area contributed by atoms with Crippen LogP contribution in [-0.4, -0.2) is 30.9 Å². The van der Waals surface area contributed by atoms with E-state index < -0.39 is 5.92 Å². The van der Waals surface area contributed by atoms with Gasteiger partial charge < -0.3 is 15.0 Å². The molecule has 1 atom stereocenters. The average Bonchev–Trinajstić information content (AvgIpc) is 3.12. The summed E-state index contributed by atoms with van der Waals surface area (Å²) in [7, 11) is 0. The van der Waals surface area contributed by atoms with Crippen molar-refractivity contribution >= 4 is 52.4 Å². The van der Waals surface area contributed by atoms with Crippen LogP contribution in [0.25, 0.3) is 0 Å². The molecule has 0 aromatic heterocycles. The van der Waals surface area contributed by atoms with Gasteiger partial charge in [0.05, 0.1) is 28.1 Å². The molecule has 2 aromatic rings. The van der Waals surface area contributed by atoms with E-state index in [2.05, 4.69) is 5.32 Å². The Morgan fingerprint density at radius 3 is 2.53 bits per heavy atom. The molecule has 30 heavy (non-hydrogen) atoms. The Labute approximate surface area is 185 Å². The lowest BCUT2D eigenvalue weighted by Crippen LogP contribution is -2.28. The third-order valence-corrected chi connectivity index (χ3v) is 5.57. The summed E-state index contributed by atoms with van der Waals surface area (Å²) < 4.78 is 5.17. The van der Waals surface area contributed by atoms with Gasteiger partial charge in [-0.15, -0.1) is 0 Å². The fraction of sp³-hybridized carbons (Fsp3) is 0.318. The number of nitrogens with one attached hydrogen (secondary N) is 1. The third kappa shape index (κ3) is 5.32. The molecule has 0 aliphatic carbocycles. The van der Waals surface area contributed by atoms with Gasteiger partial charge in [-0.05, 0) is 48.9 Å². The number of hydrogen-bond donors (Lipinski definition) is 1. The van der Waals surface area contributed by atoms with Crippen LogP contribution in [0.4, 0.5) is 11.4 Å². The number of ether oxygens (including phenoxy) is 1. The van der Waals surface area contributed by atoms with Crippen LogP contribution in [0.1, 0.15) is 36.5 Å². The Kier molecular flexibility index (Phi) is 7.34. The van der Waals surface area contributed by atoms with Crippen LogP contribution in [0.3, 0.4) is 0 Å². The molecule has 0 spiro atoms. The predicted molar refractivity (Wildman–Crippen MR) is 117 cm³/mol. The first kappa shape index (κ1) is 22.1. The summed E-state index contributed by atoms with van der Waals surface area (Å²) in [6, 6.07) is 11.4. The summed E-state index contributed by atoms with van der Waals surface area (Å²) in [4.78, 5) is 38.5. The van der Waals surface area contributed by atoms with Gasteiger partial charge in [-0.3, -0.25) is 9.59 Å². The summed E-state index contributed by atoms with van der Waals surface area (Å²) >= 11 is 12.0. The molecule has 1 heterocycles. The molecule has 1 fully saturated rings. The molecule has 158 valence electrons. The van der Waals surface area contributed by atoms with Crippen molar-refractivity contribution in [3.8, 4) is 0 Å². The number of carbonyl (C=O) groups excluding carboxylic acids is 3. The SMILES string of the molecule is CCCCOC(=O)c1ccc(NC(=O)C2CC(=O)N(c3ccc(Cl)c(Cl)c3)C2)cc1. The molecule has 1 unspecified atom stereocenters. The van der Waals surface area contributed by atoms with Crippen molar-refractivity contribution in [2.24, 2.45) is 5.92 Å². The smallest absolute Gasteiger partial charge is 0.338 e. The van der Waals surface area contributed by atoms with E-state index in [-0.39, 0.29) is 30.7 Å². The normalized spacial score (nSPS) is 15.9. The molecule has 3 rings (SSSR count). The predicted octanol–water partition coefficient (Wildman–Crippen LogP) is 4.94. The first-order chi connectivity index (χ1) is 14.4. The highest BCUT2D eigenvalue weighted by atomic mass is 35.5. The van der Waals surface area contributed by atoms with E-state index in [1.54, 1.807) is 42.5 Å². The van der Waals surface area contributed by atoms with Gasteiger partial charge in [-0.2, -0.15) is 0 Å².